The van der Waals surface area contributed by atoms with Crippen LogP contribution in [0.5, 0.6) is 0 Å². The minimum absolute atomic E-state index is 0.215. The number of pyridine rings is 2. The summed E-state index contributed by atoms with van der Waals surface area (Å²) in [6, 6.07) is 4.11. The molecule has 0 aromatic carbocycles. The van der Waals surface area contributed by atoms with Crippen molar-refractivity contribution in [3.63, 3.8) is 0 Å². The van der Waals surface area contributed by atoms with E-state index in [1.807, 2.05) is 12.3 Å². The molecule has 1 atom stereocenters. The first kappa shape index (κ1) is 13.1. The fourth-order valence-corrected chi connectivity index (χ4v) is 3.72. The third kappa shape index (κ3) is 2.30. The van der Waals surface area contributed by atoms with E-state index in [2.05, 4.69) is 19.8 Å². The lowest BCUT2D eigenvalue weighted by molar-refractivity contribution is 0.231. The molecule has 0 spiro atoms. The highest BCUT2D eigenvalue weighted by Crippen LogP contribution is 2.28. The summed E-state index contributed by atoms with van der Waals surface area (Å²) >= 11 is 6.18. The Morgan fingerprint density at radius 3 is 3.10 bits per heavy atom. The minimum Gasteiger partial charge on any atom is -0.367 e. The van der Waals surface area contributed by atoms with Crippen LogP contribution in [-0.4, -0.2) is 47.1 Å². The first-order valence-electron chi connectivity index (χ1n) is 7.38. The molecule has 6 heteroatoms. The number of aromatic nitrogens is 2. The van der Waals surface area contributed by atoms with Crippen molar-refractivity contribution in [1.82, 2.24) is 14.9 Å². The summed E-state index contributed by atoms with van der Waals surface area (Å²) in [7, 11) is 0. The predicted octanol–water partition coefficient (Wildman–Crippen LogP) is 1.86. The number of nitrogens with zero attached hydrogens (tertiary/aromatic N) is 3. The number of hydrogen-bond acceptors (Lipinski definition) is 4. The van der Waals surface area contributed by atoms with E-state index in [4.69, 9.17) is 11.6 Å². The Labute approximate surface area is 127 Å². The van der Waals surface area contributed by atoms with Crippen LogP contribution < -0.4 is 10.5 Å². The van der Waals surface area contributed by atoms with E-state index in [0.29, 0.717) is 16.7 Å². The minimum atomic E-state index is -0.215. The Kier molecular flexibility index (Phi) is 3.12. The Morgan fingerprint density at radius 1 is 1.29 bits per heavy atom. The first-order chi connectivity index (χ1) is 10.2. The molecule has 5 nitrogen and oxygen atoms in total. The second-order valence-electron chi connectivity index (χ2n) is 5.85. The van der Waals surface area contributed by atoms with Gasteiger partial charge in [-0.3, -0.25) is 9.69 Å². The summed E-state index contributed by atoms with van der Waals surface area (Å²) in [4.78, 5) is 23.5. The molecule has 4 rings (SSSR count). The van der Waals surface area contributed by atoms with Crippen molar-refractivity contribution in [3.05, 3.63) is 33.7 Å². The zero-order valence-electron chi connectivity index (χ0n) is 11.7. The molecule has 2 saturated heterocycles. The molecule has 2 aromatic rings. The number of rotatable bonds is 1. The molecule has 2 aliphatic rings. The van der Waals surface area contributed by atoms with Gasteiger partial charge in [-0.05, 0) is 25.5 Å². The normalized spacial score (nSPS) is 22.7. The van der Waals surface area contributed by atoms with Crippen LogP contribution in [0.3, 0.4) is 0 Å². The molecule has 21 heavy (non-hydrogen) atoms. The lowest BCUT2D eigenvalue weighted by atomic mass is 10.1. The quantitative estimate of drug-likeness (QED) is 0.874. The van der Waals surface area contributed by atoms with Crippen LogP contribution in [0.25, 0.3) is 11.0 Å². The van der Waals surface area contributed by atoms with Crippen LogP contribution in [0.1, 0.15) is 12.8 Å². The van der Waals surface area contributed by atoms with Gasteiger partial charge in [0.2, 0.25) is 0 Å². The van der Waals surface area contributed by atoms with E-state index in [0.717, 1.165) is 30.7 Å². The van der Waals surface area contributed by atoms with Gasteiger partial charge in [-0.1, -0.05) is 11.6 Å². The van der Waals surface area contributed by atoms with Gasteiger partial charge >= 0.3 is 0 Å². The molecule has 1 unspecified atom stereocenters. The number of anilines is 1. The average Bonchev–Trinajstić information content (AvgIpc) is 2.94. The predicted molar refractivity (Wildman–Crippen MR) is 84.2 cm³/mol. The number of hydrogen-bond donors (Lipinski definition) is 1. The van der Waals surface area contributed by atoms with Gasteiger partial charge in [0.15, 0.2) is 0 Å². The number of fused-ring (bicyclic) bond motifs is 2. The zero-order valence-corrected chi connectivity index (χ0v) is 12.4. The maximum atomic E-state index is 11.4. The summed E-state index contributed by atoms with van der Waals surface area (Å²) in [5, 5.41) is 1.27. The second kappa shape index (κ2) is 5.00. The van der Waals surface area contributed by atoms with Gasteiger partial charge in [-0.15, -0.1) is 0 Å². The largest absolute Gasteiger partial charge is 0.367 e. The number of nitrogens with one attached hydrogen (secondary N) is 1. The summed E-state index contributed by atoms with van der Waals surface area (Å²) in [6.45, 7) is 4.42. The summed E-state index contributed by atoms with van der Waals surface area (Å²) < 4.78 is 0. The smallest absolute Gasteiger partial charge is 0.251 e. The Balaban J connectivity index is 1.69. The van der Waals surface area contributed by atoms with Gasteiger partial charge in [-0.25, -0.2) is 4.98 Å². The zero-order chi connectivity index (χ0) is 14.4. The van der Waals surface area contributed by atoms with E-state index < -0.39 is 0 Å². The van der Waals surface area contributed by atoms with E-state index in [9.17, 15) is 4.79 Å². The van der Waals surface area contributed by atoms with E-state index >= 15 is 0 Å². The number of aromatic amines is 1. The molecule has 1 N–H and O–H groups in total. The molecule has 0 amide bonds. The number of piperazine rings is 1. The van der Waals surface area contributed by atoms with Gasteiger partial charge < -0.3 is 9.88 Å². The van der Waals surface area contributed by atoms with Gasteiger partial charge in [0.05, 0.1) is 16.9 Å². The highest BCUT2D eigenvalue weighted by Gasteiger charge is 2.30. The molecule has 0 radical (unpaired) electrons. The molecule has 2 fully saturated rings. The third-order valence-electron chi connectivity index (χ3n) is 4.58. The van der Waals surface area contributed by atoms with Gasteiger partial charge in [0, 0.05) is 37.1 Å². The van der Waals surface area contributed by atoms with Crippen molar-refractivity contribution in [2.45, 2.75) is 18.9 Å². The second-order valence-corrected chi connectivity index (χ2v) is 6.26. The molecular weight excluding hydrogens is 288 g/mol. The topological polar surface area (TPSA) is 52.2 Å². The van der Waals surface area contributed by atoms with Gasteiger partial charge in [-0.2, -0.15) is 0 Å². The first-order valence-corrected chi connectivity index (χ1v) is 7.76. The monoisotopic (exact) mass is 304 g/mol. The van der Waals surface area contributed by atoms with Crippen molar-refractivity contribution in [2.24, 2.45) is 0 Å². The van der Waals surface area contributed by atoms with Crippen LogP contribution in [-0.2, 0) is 0 Å². The standard InChI is InChI=1S/C15H17ClN4O/c16-13-7-14(21)18-15-12(13)6-11(8-17-15)20-5-4-19-3-1-2-10(19)9-20/h6-8,10H,1-5,9H2,(H,17,18,21). The summed E-state index contributed by atoms with van der Waals surface area (Å²) in [5.74, 6) is 0. The number of H-pyrrole nitrogens is 1. The van der Waals surface area contributed by atoms with Crippen LogP contribution >= 0.6 is 11.6 Å². The molecular formula is C15H17ClN4O. The molecule has 110 valence electrons. The van der Waals surface area contributed by atoms with Crippen molar-refractivity contribution < 1.29 is 0 Å². The summed E-state index contributed by atoms with van der Waals surface area (Å²) in [6.07, 6.45) is 4.42. The highest BCUT2D eigenvalue weighted by molar-refractivity contribution is 6.35. The third-order valence-corrected chi connectivity index (χ3v) is 4.90. The molecule has 0 aliphatic carbocycles. The van der Waals surface area contributed by atoms with Crippen LogP contribution in [0.4, 0.5) is 5.69 Å². The maximum absolute atomic E-state index is 11.4. The van der Waals surface area contributed by atoms with Crippen molar-refractivity contribution in [1.29, 1.82) is 0 Å². The van der Waals surface area contributed by atoms with Crippen molar-refractivity contribution in [3.8, 4) is 0 Å². The Bertz CT molecular complexity index is 744. The van der Waals surface area contributed by atoms with Crippen LogP contribution in [0.15, 0.2) is 23.1 Å². The molecule has 4 heterocycles. The Hall–Kier alpha value is -1.59. The molecule has 2 aromatic heterocycles. The fraction of sp³-hybridized carbons (Fsp3) is 0.467. The van der Waals surface area contributed by atoms with E-state index in [1.165, 1.54) is 25.5 Å². The van der Waals surface area contributed by atoms with E-state index in [-0.39, 0.29) is 5.56 Å². The van der Waals surface area contributed by atoms with Crippen LogP contribution in [0.2, 0.25) is 5.02 Å². The average molecular weight is 305 g/mol. The lowest BCUT2D eigenvalue weighted by Gasteiger charge is -2.38. The van der Waals surface area contributed by atoms with Gasteiger partial charge in [0.25, 0.3) is 5.56 Å². The summed E-state index contributed by atoms with van der Waals surface area (Å²) in [5.41, 5.74) is 1.42. The molecule has 0 saturated carbocycles. The van der Waals surface area contributed by atoms with Crippen molar-refractivity contribution in [2.75, 3.05) is 31.1 Å². The maximum Gasteiger partial charge on any atom is 0.251 e. The fourth-order valence-electron chi connectivity index (χ4n) is 3.48. The Morgan fingerprint density at radius 2 is 2.19 bits per heavy atom. The van der Waals surface area contributed by atoms with E-state index in [1.54, 1.807) is 0 Å². The molecule has 0 bridgehead atoms. The van der Waals surface area contributed by atoms with Crippen molar-refractivity contribution >= 4 is 28.3 Å². The number of halogens is 1. The lowest BCUT2D eigenvalue weighted by Crippen LogP contribution is -2.50. The van der Waals surface area contributed by atoms with Gasteiger partial charge in [0.1, 0.15) is 5.65 Å². The SMILES string of the molecule is O=c1cc(Cl)c2cc(N3CCN4CCCC4C3)cnc2[nH]1. The highest BCUT2D eigenvalue weighted by atomic mass is 35.5. The molecule has 2 aliphatic heterocycles. The van der Waals surface area contributed by atoms with Crippen LogP contribution in [0, 0.1) is 0 Å².